The molecule has 0 radical (unpaired) electrons. The number of Topliss-reactive ketones (excluding diaryl/α,β-unsaturated/α-hetero) is 1. The van der Waals surface area contributed by atoms with Crippen LogP contribution < -0.4 is 4.90 Å². The molecular formula is C32H32FN3O4. The molecule has 0 aliphatic carbocycles. The van der Waals surface area contributed by atoms with Crippen molar-refractivity contribution in [1.29, 1.82) is 0 Å². The van der Waals surface area contributed by atoms with Crippen molar-refractivity contribution in [3.63, 3.8) is 0 Å². The third-order valence-corrected chi connectivity index (χ3v) is 7.51. The number of benzene rings is 3. The van der Waals surface area contributed by atoms with Crippen LogP contribution in [0.15, 0.2) is 71.3 Å². The largest absolute Gasteiger partial charge is 0.481 e. The smallest absolute Gasteiger partial charge is 0.307 e. The summed E-state index contributed by atoms with van der Waals surface area (Å²) in [6.07, 6.45) is 1.22. The van der Waals surface area contributed by atoms with Crippen molar-refractivity contribution in [2.45, 2.75) is 39.5 Å². The van der Waals surface area contributed by atoms with E-state index in [1.54, 1.807) is 6.07 Å². The fourth-order valence-electron chi connectivity index (χ4n) is 5.21. The van der Waals surface area contributed by atoms with E-state index in [-0.39, 0.29) is 41.8 Å². The first kappa shape index (κ1) is 27.2. The van der Waals surface area contributed by atoms with Crippen LogP contribution in [0.3, 0.4) is 0 Å². The SMILES string of the molecule is Cc1ccc(-c2nc(-c3ccc(CC(CC(=O)CC4CCN(c5ccc(C)cc5)C4)C(=O)O)cc3F)no2)cc1. The van der Waals surface area contributed by atoms with E-state index in [1.165, 1.54) is 17.7 Å². The zero-order valence-corrected chi connectivity index (χ0v) is 22.6. The number of carbonyl (C=O) groups excluding carboxylic acids is 1. The van der Waals surface area contributed by atoms with Crippen LogP contribution in [0.4, 0.5) is 10.1 Å². The van der Waals surface area contributed by atoms with E-state index in [2.05, 4.69) is 39.3 Å². The van der Waals surface area contributed by atoms with E-state index < -0.39 is 17.7 Å². The number of anilines is 1. The lowest BCUT2D eigenvalue weighted by atomic mass is 9.90. The van der Waals surface area contributed by atoms with Gasteiger partial charge in [0.1, 0.15) is 11.6 Å². The number of halogens is 1. The van der Waals surface area contributed by atoms with Crippen molar-refractivity contribution < 1.29 is 23.6 Å². The van der Waals surface area contributed by atoms with Gasteiger partial charge in [0, 0.05) is 37.2 Å². The van der Waals surface area contributed by atoms with Gasteiger partial charge in [-0.1, -0.05) is 46.6 Å². The van der Waals surface area contributed by atoms with Gasteiger partial charge < -0.3 is 14.5 Å². The number of carboxylic acids is 1. The summed E-state index contributed by atoms with van der Waals surface area (Å²) in [5.74, 6) is -2.05. The maximum absolute atomic E-state index is 15.0. The molecule has 1 N–H and O–H groups in total. The first-order valence-corrected chi connectivity index (χ1v) is 13.5. The predicted octanol–water partition coefficient (Wildman–Crippen LogP) is 6.28. The van der Waals surface area contributed by atoms with Crippen LogP contribution in [0.2, 0.25) is 0 Å². The summed E-state index contributed by atoms with van der Waals surface area (Å²) in [5, 5.41) is 13.7. The van der Waals surface area contributed by atoms with E-state index in [0.29, 0.717) is 12.0 Å². The van der Waals surface area contributed by atoms with Crippen molar-refractivity contribution >= 4 is 17.4 Å². The lowest BCUT2D eigenvalue weighted by Gasteiger charge is -2.19. The molecular weight excluding hydrogens is 509 g/mol. The first-order chi connectivity index (χ1) is 19.2. The summed E-state index contributed by atoms with van der Waals surface area (Å²) in [4.78, 5) is 31.4. The summed E-state index contributed by atoms with van der Waals surface area (Å²) in [6, 6.07) is 20.3. The number of rotatable bonds is 10. The van der Waals surface area contributed by atoms with Gasteiger partial charge in [0.05, 0.1) is 11.5 Å². The van der Waals surface area contributed by atoms with Gasteiger partial charge in [0.15, 0.2) is 0 Å². The highest BCUT2D eigenvalue weighted by atomic mass is 19.1. The fraction of sp³-hybridized carbons (Fsp3) is 0.312. The second-order valence-electron chi connectivity index (χ2n) is 10.7. The lowest BCUT2D eigenvalue weighted by Crippen LogP contribution is -2.23. The quantitative estimate of drug-likeness (QED) is 0.252. The molecule has 1 saturated heterocycles. The molecule has 5 rings (SSSR count). The Bertz CT molecular complexity index is 1500. The van der Waals surface area contributed by atoms with Crippen molar-refractivity contribution in [2.24, 2.45) is 11.8 Å². The normalized spacial score (nSPS) is 15.8. The van der Waals surface area contributed by atoms with Crippen LogP contribution in [0.1, 0.15) is 36.0 Å². The number of ketones is 1. The van der Waals surface area contributed by atoms with Crippen molar-refractivity contribution in [3.05, 3.63) is 89.2 Å². The van der Waals surface area contributed by atoms with Gasteiger partial charge in [-0.25, -0.2) is 4.39 Å². The molecule has 0 spiro atoms. The minimum absolute atomic E-state index is 0.0549. The monoisotopic (exact) mass is 541 g/mol. The summed E-state index contributed by atoms with van der Waals surface area (Å²) in [5.41, 5.74) is 4.82. The zero-order valence-electron chi connectivity index (χ0n) is 22.6. The van der Waals surface area contributed by atoms with Crippen LogP contribution in [-0.4, -0.2) is 40.1 Å². The van der Waals surface area contributed by atoms with E-state index in [0.717, 1.165) is 36.3 Å². The highest BCUT2D eigenvalue weighted by Gasteiger charge is 2.28. The minimum atomic E-state index is -1.06. The Morgan fingerprint density at radius 3 is 2.42 bits per heavy atom. The Balaban J connectivity index is 1.19. The summed E-state index contributed by atoms with van der Waals surface area (Å²) in [7, 11) is 0. The van der Waals surface area contributed by atoms with Crippen molar-refractivity contribution in [3.8, 4) is 22.8 Å². The summed E-state index contributed by atoms with van der Waals surface area (Å²) in [6.45, 7) is 5.68. The molecule has 1 aromatic heterocycles. The Hall–Kier alpha value is -4.33. The number of nitrogens with zero attached hydrogens (tertiary/aromatic N) is 3. The molecule has 7 nitrogen and oxygen atoms in total. The highest BCUT2D eigenvalue weighted by Crippen LogP contribution is 2.29. The molecule has 1 fully saturated rings. The molecule has 0 amide bonds. The number of carboxylic acid groups (broad SMARTS) is 1. The van der Waals surface area contributed by atoms with Gasteiger partial charge in [0.2, 0.25) is 5.82 Å². The number of hydrogen-bond acceptors (Lipinski definition) is 6. The Morgan fingerprint density at radius 1 is 1.05 bits per heavy atom. The van der Waals surface area contributed by atoms with Gasteiger partial charge in [-0.05, 0) is 74.6 Å². The summed E-state index contributed by atoms with van der Waals surface area (Å²) >= 11 is 0. The molecule has 2 atom stereocenters. The van der Waals surface area contributed by atoms with Crippen LogP contribution in [-0.2, 0) is 16.0 Å². The minimum Gasteiger partial charge on any atom is -0.481 e. The molecule has 0 bridgehead atoms. The molecule has 1 aliphatic rings. The van der Waals surface area contributed by atoms with Crippen LogP contribution in [0.5, 0.6) is 0 Å². The summed E-state index contributed by atoms with van der Waals surface area (Å²) < 4.78 is 20.4. The second-order valence-corrected chi connectivity index (χ2v) is 10.7. The topological polar surface area (TPSA) is 96.5 Å². The van der Waals surface area contributed by atoms with E-state index >= 15 is 4.39 Å². The van der Waals surface area contributed by atoms with E-state index in [9.17, 15) is 14.7 Å². The first-order valence-electron chi connectivity index (χ1n) is 13.5. The van der Waals surface area contributed by atoms with Crippen LogP contribution in [0.25, 0.3) is 22.8 Å². The van der Waals surface area contributed by atoms with Crippen LogP contribution >= 0.6 is 0 Å². The highest BCUT2D eigenvalue weighted by molar-refractivity contribution is 5.84. The molecule has 4 aromatic rings. The number of hydrogen-bond donors (Lipinski definition) is 1. The van der Waals surface area contributed by atoms with E-state index in [1.807, 2.05) is 38.1 Å². The molecule has 3 aromatic carbocycles. The lowest BCUT2D eigenvalue weighted by molar-refractivity contribution is -0.143. The maximum Gasteiger partial charge on any atom is 0.307 e. The third-order valence-electron chi connectivity index (χ3n) is 7.51. The van der Waals surface area contributed by atoms with Crippen molar-refractivity contribution in [2.75, 3.05) is 18.0 Å². The number of carbonyl (C=O) groups is 2. The number of aromatic nitrogens is 2. The molecule has 0 saturated carbocycles. The van der Waals surface area contributed by atoms with Crippen LogP contribution in [0, 0.1) is 31.5 Å². The molecule has 1 aliphatic heterocycles. The molecule has 8 heteroatoms. The maximum atomic E-state index is 15.0. The van der Waals surface area contributed by atoms with Gasteiger partial charge in [-0.15, -0.1) is 0 Å². The number of aliphatic carboxylic acids is 1. The molecule has 2 heterocycles. The molecule has 206 valence electrons. The Morgan fingerprint density at radius 2 is 1.75 bits per heavy atom. The standard InChI is InChI=1S/C32H32FN3O4/c1-20-3-8-24(9-4-20)31-34-30(35-40-31)28-12-7-22(17-29(28)33)15-25(32(38)39)18-27(37)16-23-13-14-36(19-23)26-10-5-21(2)6-11-26/h3-12,17,23,25H,13-16,18-19H2,1-2H3,(H,38,39). The fourth-order valence-corrected chi connectivity index (χ4v) is 5.21. The Kier molecular flexibility index (Phi) is 8.05. The van der Waals surface area contributed by atoms with Gasteiger partial charge >= 0.3 is 5.97 Å². The van der Waals surface area contributed by atoms with Gasteiger partial charge in [0.25, 0.3) is 5.89 Å². The second kappa shape index (κ2) is 11.8. The molecule has 2 unspecified atom stereocenters. The molecule has 40 heavy (non-hydrogen) atoms. The predicted molar refractivity (Wildman–Crippen MR) is 150 cm³/mol. The zero-order chi connectivity index (χ0) is 28.2. The average Bonchev–Trinajstić information content (AvgIpc) is 3.60. The average molecular weight is 542 g/mol. The number of aryl methyl sites for hydroxylation is 2. The van der Waals surface area contributed by atoms with Gasteiger partial charge in [-0.2, -0.15) is 4.98 Å². The third kappa shape index (κ3) is 6.45. The van der Waals surface area contributed by atoms with Gasteiger partial charge in [-0.3, -0.25) is 9.59 Å². The Labute approximate surface area is 232 Å². The van der Waals surface area contributed by atoms with E-state index in [4.69, 9.17) is 4.52 Å². The van der Waals surface area contributed by atoms with Crippen molar-refractivity contribution in [1.82, 2.24) is 10.1 Å².